The van der Waals surface area contributed by atoms with Gasteiger partial charge in [-0.25, -0.2) is 9.80 Å². The summed E-state index contributed by atoms with van der Waals surface area (Å²) in [6.07, 6.45) is 1.91. The standard InChI is InChI=1S/C12H16N2O2.C5H10O2/c15-12(13-14-8-4-5-9-14)16-10-11-6-2-1-3-7-11;1-5(2,3)7-4-6/h1-3,6-7H,4-5,8-10H2,(H,13,15);4H,1-3H3. The third kappa shape index (κ3) is 9.52. The van der Waals surface area contributed by atoms with E-state index in [4.69, 9.17) is 4.74 Å². The molecule has 1 aromatic rings. The first-order valence-electron chi connectivity index (χ1n) is 7.74. The predicted octanol–water partition coefficient (Wildman–Crippen LogP) is 2.88. The van der Waals surface area contributed by atoms with Crippen LogP contribution in [-0.4, -0.2) is 36.3 Å². The third-order valence-corrected chi connectivity index (χ3v) is 2.97. The Hall–Kier alpha value is -2.08. The molecule has 1 fully saturated rings. The lowest BCUT2D eigenvalue weighted by Crippen LogP contribution is -2.40. The van der Waals surface area contributed by atoms with Gasteiger partial charge in [-0.05, 0) is 39.2 Å². The van der Waals surface area contributed by atoms with E-state index < -0.39 is 0 Å². The van der Waals surface area contributed by atoms with Crippen LogP contribution in [0.1, 0.15) is 39.2 Å². The molecule has 23 heavy (non-hydrogen) atoms. The van der Waals surface area contributed by atoms with Crippen LogP contribution in [0.25, 0.3) is 0 Å². The van der Waals surface area contributed by atoms with Crippen molar-refractivity contribution in [2.75, 3.05) is 13.1 Å². The lowest BCUT2D eigenvalue weighted by Gasteiger charge is -2.15. The highest BCUT2D eigenvalue weighted by Crippen LogP contribution is 2.05. The van der Waals surface area contributed by atoms with Gasteiger partial charge in [0.2, 0.25) is 0 Å². The molecular weight excluding hydrogens is 296 g/mol. The van der Waals surface area contributed by atoms with Gasteiger partial charge in [-0.2, -0.15) is 0 Å². The van der Waals surface area contributed by atoms with E-state index in [9.17, 15) is 9.59 Å². The fourth-order valence-electron chi connectivity index (χ4n) is 1.86. The molecule has 6 heteroatoms. The zero-order valence-electron chi connectivity index (χ0n) is 14.1. The summed E-state index contributed by atoms with van der Waals surface area (Å²) < 4.78 is 9.65. The molecule has 0 saturated carbocycles. The number of amides is 1. The molecule has 2 rings (SSSR count). The highest BCUT2D eigenvalue weighted by atomic mass is 16.6. The van der Waals surface area contributed by atoms with E-state index in [1.807, 2.05) is 56.1 Å². The van der Waals surface area contributed by atoms with Gasteiger partial charge in [-0.1, -0.05) is 30.3 Å². The number of nitrogens with one attached hydrogen (secondary N) is 1. The second-order valence-electron chi connectivity index (χ2n) is 6.19. The molecule has 1 aromatic carbocycles. The molecule has 1 heterocycles. The first-order valence-corrected chi connectivity index (χ1v) is 7.74. The van der Waals surface area contributed by atoms with Crippen molar-refractivity contribution < 1.29 is 19.1 Å². The van der Waals surface area contributed by atoms with Crippen LogP contribution in [0.5, 0.6) is 0 Å². The normalized spacial score (nSPS) is 14.4. The minimum Gasteiger partial charge on any atom is -0.462 e. The number of nitrogens with zero attached hydrogens (tertiary/aromatic N) is 1. The minimum absolute atomic E-state index is 0.318. The van der Waals surface area contributed by atoms with Crippen LogP contribution in [0.4, 0.5) is 4.79 Å². The Morgan fingerprint density at radius 2 is 1.83 bits per heavy atom. The summed E-state index contributed by atoms with van der Waals surface area (Å²) in [5, 5.41) is 1.90. The van der Waals surface area contributed by atoms with Crippen molar-refractivity contribution >= 4 is 12.6 Å². The van der Waals surface area contributed by atoms with E-state index >= 15 is 0 Å². The topological polar surface area (TPSA) is 67.9 Å². The molecule has 1 amide bonds. The van der Waals surface area contributed by atoms with Crippen LogP contribution >= 0.6 is 0 Å². The molecule has 0 bridgehead atoms. The zero-order chi connectivity index (χ0) is 17.1. The number of ether oxygens (including phenoxy) is 2. The largest absolute Gasteiger partial charge is 0.462 e. The molecule has 0 aliphatic carbocycles. The number of hydrazine groups is 1. The summed E-state index contributed by atoms with van der Waals surface area (Å²) in [6, 6.07) is 9.66. The molecule has 128 valence electrons. The van der Waals surface area contributed by atoms with Crippen molar-refractivity contribution in [2.45, 2.75) is 45.8 Å². The quantitative estimate of drug-likeness (QED) is 0.863. The summed E-state index contributed by atoms with van der Waals surface area (Å²) in [7, 11) is 0. The van der Waals surface area contributed by atoms with Crippen molar-refractivity contribution in [3.63, 3.8) is 0 Å². The Labute approximate surface area is 137 Å². The van der Waals surface area contributed by atoms with Gasteiger partial charge >= 0.3 is 6.09 Å². The maximum absolute atomic E-state index is 11.4. The highest BCUT2D eigenvalue weighted by Gasteiger charge is 2.14. The number of rotatable bonds is 4. The number of carbonyl (C=O) groups excluding carboxylic acids is 2. The molecule has 0 radical (unpaired) electrons. The maximum atomic E-state index is 11.4. The fraction of sp³-hybridized carbons (Fsp3) is 0.529. The Balaban J connectivity index is 0.000000322. The lowest BCUT2D eigenvalue weighted by molar-refractivity contribution is -0.138. The molecule has 1 N–H and O–H groups in total. The lowest BCUT2D eigenvalue weighted by atomic mass is 10.2. The first kappa shape index (κ1) is 19.0. The van der Waals surface area contributed by atoms with Crippen molar-refractivity contribution in [3.8, 4) is 0 Å². The molecule has 6 nitrogen and oxygen atoms in total. The van der Waals surface area contributed by atoms with Crippen LogP contribution in [-0.2, 0) is 20.9 Å². The average Bonchev–Trinajstić information content (AvgIpc) is 2.98. The molecule has 1 aliphatic rings. The number of hydrogen-bond donors (Lipinski definition) is 1. The van der Waals surface area contributed by atoms with Crippen LogP contribution in [0.3, 0.4) is 0 Å². The van der Waals surface area contributed by atoms with Crippen LogP contribution < -0.4 is 5.43 Å². The molecule has 1 saturated heterocycles. The second-order valence-corrected chi connectivity index (χ2v) is 6.19. The highest BCUT2D eigenvalue weighted by molar-refractivity contribution is 5.66. The molecule has 0 unspecified atom stereocenters. The predicted molar refractivity (Wildman–Crippen MR) is 87.5 cm³/mol. The van der Waals surface area contributed by atoms with E-state index in [0.717, 1.165) is 31.5 Å². The van der Waals surface area contributed by atoms with E-state index in [0.29, 0.717) is 13.1 Å². The molecule has 0 atom stereocenters. The molecule has 1 aliphatic heterocycles. The molecular formula is C17H26N2O4. The van der Waals surface area contributed by atoms with Gasteiger partial charge in [0.05, 0.1) is 0 Å². The Kier molecular flexibility index (Phi) is 8.11. The van der Waals surface area contributed by atoms with Crippen molar-refractivity contribution in [1.82, 2.24) is 10.4 Å². The maximum Gasteiger partial charge on any atom is 0.422 e. The number of hydrogen-bond acceptors (Lipinski definition) is 5. The number of benzene rings is 1. The summed E-state index contributed by atoms with van der Waals surface area (Å²) in [5.41, 5.74) is 3.40. The smallest absolute Gasteiger partial charge is 0.422 e. The van der Waals surface area contributed by atoms with Gasteiger partial charge in [0.25, 0.3) is 6.47 Å². The Bertz CT molecular complexity index is 465. The summed E-state index contributed by atoms with van der Waals surface area (Å²) >= 11 is 0. The summed E-state index contributed by atoms with van der Waals surface area (Å²) in [5.74, 6) is 0. The minimum atomic E-state index is -0.370. The third-order valence-electron chi connectivity index (χ3n) is 2.97. The van der Waals surface area contributed by atoms with Gasteiger partial charge in [-0.15, -0.1) is 0 Å². The molecule has 0 spiro atoms. The van der Waals surface area contributed by atoms with Gasteiger partial charge in [-0.3, -0.25) is 10.2 Å². The van der Waals surface area contributed by atoms with Crippen LogP contribution in [0.15, 0.2) is 30.3 Å². The van der Waals surface area contributed by atoms with Gasteiger partial charge in [0.15, 0.2) is 0 Å². The van der Waals surface area contributed by atoms with E-state index in [-0.39, 0.29) is 11.7 Å². The zero-order valence-corrected chi connectivity index (χ0v) is 14.1. The van der Waals surface area contributed by atoms with Gasteiger partial charge in [0, 0.05) is 13.1 Å². The van der Waals surface area contributed by atoms with E-state index in [1.165, 1.54) is 0 Å². The van der Waals surface area contributed by atoms with Crippen LogP contribution in [0.2, 0.25) is 0 Å². The van der Waals surface area contributed by atoms with Crippen molar-refractivity contribution in [1.29, 1.82) is 0 Å². The average molecular weight is 322 g/mol. The van der Waals surface area contributed by atoms with Crippen molar-refractivity contribution in [3.05, 3.63) is 35.9 Å². The van der Waals surface area contributed by atoms with E-state index in [1.54, 1.807) is 0 Å². The Morgan fingerprint density at radius 3 is 2.30 bits per heavy atom. The SMILES string of the molecule is CC(C)(C)OC=O.O=C(NN1CCCC1)OCc1ccccc1. The van der Waals surface area contributed by atoms with Gasteiger partial charge in [0.1, 0.15) is 12.2 Å². The fourth-order valence-corrected chi connectivity index (χ4v) is 1.86. The van der Waals surface area contributed by atoms with E-state index in [2.05, 4.69) is 10.2 Å². The monoisotopic (exact) mass is 322 g/mol. The first-order chi connectivity index (χ1) is 10.9. The summed E-state index contributed by atoms with van der Waals surface area (Å²) in [6.45, 7) is 8.07. The molecule has 0 aromatic heterocycles. The summed E-state index contributed by atoms with van der Waals surface area (Å²) in [4.78, 5) is 21.0. The van der Waals surface area contributed by atoms with Gasteiger partial charge < -0.3 is 9.47 Å². The Morgan fingerprint density at radius 1 is 1.22 bits per heavy atom. The van der Waals surface area contributed by atoms with Crippen molar-refractivity contribution in [2.24, 2.45) is 0 Å². The number of carbonyl (C=O) groups is 2. The second kappa shape index (κ2) is 9.84. The van der Waals surface area contributed by atoms with Crippen LogP contribution in [0, 0.1) is 0 Å².